The molecule has 2 rings (SSSR count). The normalized spacial score (nSPS) is 16.8. The molecule has 0 radical (unpaired) electrons. The van der Waals surface area contributed by atoms with E-state index < -0.39 is 12.1 Å². The summed E-state index contributed by atoms with van der Waals surface area (Å²) in [5.74, 6) is -0.280. The first kappa shape index (κ1) is 11.0. The number of carboxylic acids is 1. The van der Waals surface area contributed by atoms with Crippen LogP contribution in [0.2, 0.25) is 0 Å². The lowest BCUT2D eigenvalue weighted by Crippen LogP contribution is -2.29. The quantitative estimate of drug-likeness (QED) is 0.790. The van der Waals surface area contributed by atoms with Crippen molar-refractivity contribution in [1.29, 1.82) is 0 Å². The minimum Gasteiger partial charge on any atom is -0.478 e. The van der Waals surface area contributed by atoms with E-state index in [1.807, 2.05) is 0 Å². The number of hydrogen-bond acceptors (Lipinski definition) is 3. The molecular weight excluding hydrogens is 208 g/mol. The average molecular weight is 222 g/mol. The second-order valence-corrected chi connectivity index (χ2v) is 4.02. The van der Waals surface area contributed by atoms with Gasteiger partial charge in [0.15, 0.2) is 6.10 Å². The molecule has 0 heterocycles. The predicted molar refractivity (Wildman–Crippen MR) is 57.1 cm³/mol. The van der Waals surface area contributed by atoms with Crippen LogP contribution in [-0.4, -0.2) is 22.3 Å². The van der Waals surface area contributed by atoms with E-state index in [1.165, 1.54) is 0 Å². The maximum absolute atomic E-state index is 11.0. The smallest absolute Gasteiger partial charge is 0.345 e. The van der Waals surface area contributed by atoms with Gasteiger partial charge < -0.3 is 14.9 Å². The summed E-state index contributed by atoms with van der Waals surface area (Å²) in [5.41, 5.74) is 0.720. The van der Waals surface area contributed by atoms with Gasteiger partial charge in [-0.3, -0.25) is 0 Å². The summed E-state index contributed by atoms with van der Waals surface area (Å²) in [7, 11) is 0. The summed E-state index contributed by atoms with van der Waals surface area (Å²) in [6, 6.07) is 6.88. The lowest BCUT2D eigenvalue weighted by atomic mass is 10.2. The van der Waals surface area contributed by atoms with Gasteiger partial charge in [0.1, 0.15) is 5.75 Å². The summed E-state index contributed by atoms with van der Waals surface area (Å²) in [6.07, 6.45) is 1.07. The highest BCUT2D eigenvalue weighted by Crippen LogP contribution is 2.35. The third kappa shape index (κ3) is 2.52. The number of aliphatic hydroxyl groups is 1. The number of ether oxygens (including phenoxy) is 1. The number of hydrogen-bond donors (Lipinski definition) is 2. The maximum atomic E-state index is 11.0. The first-order chi connectivity index (χ1) is 7.70. The Morgan fingerprint density at radius 1 is 1.50 bits per heavy atom. The van der Waals surface area contributed by atoms with Crippen LogP contribution in [0.25, 0.3) is 0 Å². The van der Waals surface area contributed by atoms with Crippen LogP contribution in [0.4, 0.5) is 0 Å². The summed E-state index contributed by atoms with van der Waals surface area (Å²) >= 11 is 0. The fourth-order valence-corrected chi connectivity index (χ4v) is 1.61. The fourth-order valence-electron chi connectivity index (χ4n) is 1.61. The highest BCUT2D eigenvalue weighted by Gasteiger charge is 2.38. The van der Waals surface area contributed by atoms with Crippen LogP contribution in [0.3, 0.4) is 0 Å². The molecule has 1 aliphatic rings. The van der Waals surface area contributed by atoms with Crippen molar-refractivity contribution in [1.82, 2.24) is 0 Å². The fraction of sp³-hybridized carbons (Fsp3) is 0.417. The molecule has 86 valence electrons. The van der Waals surface area contributed by atoms with Crippen molar-refractivity contribution >= 4 is 5.97 Å². The molecule has 1 unspecified atom stereocenters. The maximum Gasteiger partial charge on any atom is 0.345 e. The molecule has 0 saturated heterocycles. The number of aliphatic hydroxyl groups excluding tert-OH is 1. The Morgan fingerprint density at radius 3 is 2.81 bits per heavy atom. The van der Waals surface area contributed by atoms with Crippen molar-refractivity contribution in [3.63, 3.8) is 0 Å². The second-order valence-electron chi connectivity index (χ2n) is 4.02. The molecule has 1 aromatic rings. The number of aliphatic carboxylic acids is 1. The molecule has 1 atom stereocenters. The Morgan fingerprint density at radius 2 is 2.25 bits per heavy atom. The van der Waals surface area contributed by atoms with Crippen molar-refractivity contribution < 1.29 is 19.7 Å². The highest BCUT2D eigenvalue weighted by atomic mass is 16.5. The van der Waals surface area contributed by atoms with Gasteiger partial charge in [-0.1, -0.05) is 12.1 Å². The van der Waals surface area contributed by atoms with E-state index in [9.17, 15) is 4.79 Å². The van der Waals surface area contributed by atoms with Crippen LogP contribution in [0.15, 0.2) is 24.3 Å². The van der Waals surface area contributed by atoms with E-state index in [1.54, 1.807) is 24.3 Å². The first-order valence-electron chi connectivity index (χ1n) is 5.30. The molecule has 0 spiro atoms. The molecular formula is C12H14O4. The van der Waals surface area contributed by atoms with Gasteiger partial charge in [-0.2, -0.15) is 0 Å². The summed E-state index contributed by atoms with van der Waals surface area (Å²) in [4.78, 5) is 11.0. The number of rotatable bonds is 5. The Kier molecular flexibility index (Phi) is 3.10. The van der Waals surface area contributed by atoms with Crippen LogP contribution in [0, 0.1) is 5.92 Å². The molecule has 1 aromatic carbocycles. The zero-order valence-corrected chi connectivity index (χ0v) is 8.80. The zero-order chi connectivity index (χ0) is 11.5. The van der Waals surface area contributed by atoms with E-state index >= 15 is 0 Å². The summed E-state index contributed by atoms with van der Waals surface area (Å²) < 4.78 is 5.43. The van der Waals surface area contributed by atoms with Crippen molar-refractivity contribution in [2.75, 3.05) is 0 Å². The van der Waals surface area contributed by atoms with Crippen LogP contribution < -0.4 is 4.74 Å². The Hall–Kier alpha value is -1.55. The molecule has 0 bridgehead atoms. The van der Waals surface area contributed by atoms with E-state index in [2.05, 4.69) is 0 Å². The van der Waals surface area contributed by atoms with Gasteiger partial charge in [0.25, 0.3) is 0 Å². The molecule has 0 aliphatic heterocycles. The third-order valence-corrected chi connectivity index (χ3v) is 2.64. The molecule has 4 nitrogen and oxygen atoms in total. The van der Waals surface area contributed by atoms with Crippen LogP contribution >= 0.6 is 0 Å². The molecule has 1 fully saturated rings. The van der Waals surface area contributed by atoms with Crippen LogP contribution in [-0.2, 0) is 11.4 Å². The third-order valence-electron chi connectivity index (χ3n) is 2.64. The molecule has 4 heteroatoms. The monoisotopic (exact) mass is 222 g/mol. The number of carbonyl (C=O) groups is 1. The van der Waals surface area contributed by atoms with E-state index in [-0.39, 0.29) is 12.5 Å². The summed E-state index contributed by atoms with van der Waals surface area (Å²) in [6.45, 7) is -0.0711. The zero-order valence-electron chi connectivity index (χ0n) is 8.80. The molecule has 16 heavy (non-hydrogen) atoms. The van der Waals surface area contributed by atoms with Gasteiger partial charge in [-0.15, -0.1) is 0 Å². The van der Waals surface area contributed by atoms with Gasteiger partial charge in [0.2, 0.25) is 0 Å². The van der Waals surface area contributed by atoms with Gasteiger partial charge in [0.05, 0.1) is 6.61 Å². The molecule has 2 N–H and O–H groups in total. The average Bonchev–Trinajstić information content (AvgIpc) is 3.10. The molecule has 1 aliphatic carbocycles. The lowest BCUT2D eigenvalue weighted by Gasteiger charge is -2.14. The van der Waals surface area contributed by atoms with Crippen molar-refractivity contribution in [2.24, 2.45) is 5.92 Å². The topological polar surface area (TPSA) is 66.8 Å². The van der Waals surface area contributed by atoms with E-state index in [0.29, 0.717) is 5.75 Å². The van der Waals surface area contributed by atoms with Crippen molar-refractivity contribution in [3.8, 4) is 5.75 Å². The minimum absolute atomic E-state index is 0.0711. The van der Waals surface area contributed by atoms with E-state index in [4.69, 9.17) is 14.9 Å². The SMILES string of the molecule is O=C(O)C(Oc1cccc(CO)c1)C1CC1. The van der Waals surface area contributed by atoms with Gasteiger partial charge >= 0.3 is 5.97 Å². The largest absolute Gasteiger partial charge is 0.478 e. The molecule has 1 saturated carbocycles. The van der Waals surface area contributed by atoms with Gasteiger partial charge in [-0.05, 0) is 30.5 Å². The Labute approximate surface area is 93.5 Å². The van der Waals surface area contributed by atoms with Crippen molar-refractivity contribution in [3.05, 3.63) is 29.8 Å². The first-order valence-corrected chi connectivity index (χ1v) is 5.30. The Balaban J connectivity index is 2.08. The molecule has 0 amide bonds. The van der Waals surface area contributed by atoms with Crippen LogP contribution in [0.1, 0.15) is 18.4 Å². The standard InChI is InChI=1S/C12H14O4/c13-7-8-2-1-3-10(6-8)16-11(12(14)15)9-4-5-9/h1-3,6,9,11,13H,4-5,7H2,(H,14,15). The van der Waals surface area contributed by atoms with Gasteiger partial charge in [0, 0.05) is 5.92 Å². The van der Waals surface area contributed by atoms with Crippen molar-refractivity contribution in [2.45, 2.75) is 25.6 Å². The number of benzene rings is 1. The molecule has 0 aromatic heterocycles. The highest BCUT2D eigenvalue weighted by molar-refractivity contribution is 5.73. The lowest BCUT2D eigenvalue weighted by molar-refractivity contribution is -0.146. The summed E-state index contributed by atoms with van der Waals surface area (Å²) in [5, 5.41) is 18.0. The second kappa shape index (κ2) is 4.53. The predicted octanol–water partition coefficient (Wildman–Crippen LogP) is 1.42. The number of carboxylic acid groups (broad SMARTS) is 1. The Bertz CT molecular complexity index is 384. The van der Waals surface area contributed by atoms with Crippen LogP contribution in [0.5, 0.6) is 5.75 Å². The van der Waals surface area contributed by atoms with Gasteiger partial charge in [-0.25, -0.2) is 4.79 Å². The minimum atomic E-state index is -0.920. The van der Waals surface area contributed by atoms with E-state index in [0.717, 1.165) is 18.4 Å².